The van der Waals surface area contributed by atoms with E-state index in [0.29, 0.717) is 18.1 Å². The Morgan fingerprint density at radius 2 is 1.83 bits per heavy atom. The highest BCUT2D eigenvalue weighted by Gasteiger charge is 2.15. The van der Waals surface area contributed by atoms with E-state index in [4.69, 9.17) is 28.3 Å². The molecule has 0 aliphatic carbocycles. The maximum atomic E-state index is 13.4. The van der Waals surface area contributed by atoms with Gasteiger partial charge in [0.15, 0.2) is 5.96 Å². The summed E-state index contributed by atoms with van der Waals surface area (Å²) >= 11 is 11.9. The van der Waals surface area contributed by atoms with Crippen LogP contribution in [0, 0.1) is 5.82 Å². The Labute approximate surface area is 193 Å². The molecular weight excluding hydrogens is 545 g/mol. The van der Waals surface area contributed by atoms with Gasteiger partial charge >= 0.3 is 6.61 Å². The van der Waals surface area contributed by atoms with Crippen LogP contribution in [0.15, 0.2) is 35.3 Å². The van der Waals surface area contributed by atoms with E-state index in [0.717, 1.165) is 5.56 Å². The second-order valence-corrected chi connectivity index (χ2v) is 6.46. The van der Waals surface area contributed by atoms with Crippen LogP contribution >= 0.6 is 47.2 Å². The lowest BCUT2D eigenvalue weighted by Crippen LogP contribution is -2.36. The minimum absolute atomic E-state index is 0. The average molecular weight is 564 g/mol. The van der Waals surface area contributed by atoms with Gasteiger partial charge in [-0.25, -0.2) is 4.39 Å². The Kier molecular flexibility index (Phi) is 10.9. The molecule has 0 heterocycles. The van der Waals surface area contributed by atoms with Gasteiger partial charge in [-0.1, -0.05) is 29.3 Å². The number of guanidine groups is 1. The predicted octanol–water partition coefficient (Wildman–Crippen LogP) is 4.71. The molecule has 0 fully saturated rings. The number of nitrogens with one attached hydrogen (secondary N) is 2. The van der Waals surface area contributed by atoms with Crippen molar-refractivity contribution >= 4 is 53.1 Å². The predicted molar refractivity (Wildman–Crippen MR) is 118 cm³/mol. The standard InChI is InChI=1S/C18H18Cl2F3N3O2.HI/c1-24-18(25-7-10-2-3-15(21)12(4-10)9-27)26-8-11-5-13(19)6-14(20)16(11)28-17(22)23;/h2-6,17,27H,7-9H2,1H3,(H2,24,25,26);1H. The summed E-state index contributed by atoms with van der Waals surface area (Å²) < 4.78 is 43.2. The van der Waals surface area contributed by atoms with Crippen molar-refractivity contribution in [2.75, 3.05) is 7.05 Å². The number of benzene rings is 2. The topological polar surface area (TPSA) is 65.9 Å². The van der Waals surface area contributed by atoms with E-state index in [1.807, 2.05) is 0 Å². The number of ether oxygens (including phenoxy) is 1. The van der Waals surface area contributed by atoms with Gasteiger partial charge in [-0.2, -0.15) is 8.78 Å². The van der Waals surface area contributed by atoms with Crippen molar-refractivity contribution in [3.05, 3.63) is 62.9 Å². The van der Waals surface area contributed by atoms with Gasteiger partial charge in [0, 0.05) is 36.3 Å². The molecule has 0 aromatic heterocycles. The van der Waals surface area contributed by atoms with Crippen LogP contribution < -0.4 is 15.4 Å². The summed E-state index contributed by atoms with van der Waals surface area (Å²) in [6.07, 6.45) is 0. The van der Waals surface area contributed by atoms with Crippen LogP contribution in [-0.4, -0.2) is 24.7 Å². The molecule has 0 saturated heterocycles. The molecular formula is C18H19Cl2F3IN3O2. The molecule has 0 unspecified atom stereocenters. The Hall–Kier alpha value is -1.43. The molecule has 0 aliphatic rings. The highest BCUT2D eigenvalue weighted by molar-refractivity contribution is 14.0. The highest BCUT2D eigenvalue weighted by Crippen LogP contribution is 2.33. The summed E-state index contributed by atoms with van der Waals surface area (Å²) in [7, 11) is 1.53. The number of aliphatic hydroxyl groups excluding tert-OH is 1. The zero-order chi connectivity index (χ0) is 20.7. The molecule has 5 nitrogen and oxygen atoms in total. The summed E-state index contributed by atoms with van der Waals surface area (Å²) in [5, 5.41) is 15.3. The molecule has 0 bridgehead atoms. The second kappa shape index (κ2) is 12.3. The number of aliphatic hydroxyl groups is 1. The maximum Gasteiger partial charge on any atom is 0.387 e. The van der Waals surface area contributed by atoms with Crippen LogP contribution in [0.4, 0.5) is 13.2 Å². The van der Waals surface area contributed by atoms with Crippen LogP contribution in [0.2, 0.25) is 10.0 Å². The number of hydrogen-bond acceptors (Lipinski definition) is 3. The minimum atomic E-state index is -3.03. The molecule has 11 heteroatoms. The molecule has 0 radical (unpaired) electrons. The monoisotopic (exact) mass is 563 g/mol. The lowest BCUT2D eigenvalue weighted by molar-refractivity contribution is -0.0504. The van der Waals surface area contributed by atoms with E-state index in [9.17, 15) is 13.2 Å². The van der Waals surface area contributed by atoms with Crippen molar-refractivity contribution in [2.45, 2.75) is 26.3 Å². The third-order valence-corrected chi connectivity index (χ3v) is 4.20. The number of halogens is 6. The van der Waals surface area contributed by atoms with Gasteiger partial charge < -0.3 is 20.5 Å². The van der Waals surface area contributed by atoms with Crippen molar-refractivity contribution < 1.29 is 23.0 Å². The van der Waals surface area contributed by atoms with Crippen LogP contribution in [0.3, 0.4) is 0 Å². The van der Waals surface area contributed by atoms with Crippen LogP contribution in [-0.2, 0) is 19.7 Å². The first-order valence-electron chi connectivity index (χ1n) is 8.09. The number of alkyl halides is 2. The molecule has 0 aliphatic heterocycles. The third-order valence-electron chi connectivity index (χ3n) is 3.70. The minimum Gasteiger partial charge on any atom is -0.433 e. The van der Waals surface area contributed by atoms with Crippen LogP contribution in [0.5, 0.6) is 5.75 Å². The first-order chi connectivity index (χ1) is 13.3. The van der Waals surface area contributed by atoms with Crippen molar-refractivity contribution in [3.8, 4) is 5.75 Å². The molecule has 0 atom stereocenters. The maximum absolute atomic E-state index is 13.4. The summed E-state index contributed by atoms with van der Waals surface area (Å²) in [6, 6.07) is 7.13. The van der Waals surface area contributed by atoms with Crippen molar-refractivity contribution in [3.63, 3.8) is 0 Å². The smallest absolute Gasteiger partial charge is 0.387 e. The zero-order valence-electron chi connectivity index (χ0n) is 15.2. The molecule has 2 aromatic rings. The Morgan fingerprint density at radius 3 is 2.45 bits per heavy atom. The highest BCUT2D eigenvalue weighted by atomic mass is 127. The number of nitrogens with zero attached hydrogens (tertiary/aromatic N) is 1. The van der Waals surface area contributed by atoms with Gasteiger partial charge in [0.2, 0.25) is 0 Å². The van der Waals surface area contributed by atoms with Gasteiger partial charge in [0.1, 0.15) is 11.6 Å². The zero-order valence-corrected chi connectivity index (χ0v) is 19.0. The molecule has 29 heavy (non-hydrogen) atoms. The first-order valence-corrected chi connectivity index (χ1v) is 8.85. The largest absolute Gasteiger partial charge is 0.433 e. The van der Waals surface area contributed by atoms with Crippen molar-refractivity contribution in [1.82, 2.24) is 10.6 Å². The number of hydrogen-bond donors (Lipinski definition) is 3. The summed E-state index contributed by atoms with van der Waals surface area (Å²) in [5.41, 5.74) is 1.23. The summed E-state index contributed by atoms with van der Waals surface area (Å²) in [5.74, 6) is -0.303. The summed E-state index contributed by atoms with van der Waals surface area (Å²) in [4.78, 5) is 4.03. The van der Waals surface area contributed by atoms with Crippen LogP contribution in [0.25, 0.3) is 0 Å². The van der Waals surface area contributed by atoms with Gasteiger partial charge in [-0.05, 0) is 29.8 Å². The van der Waals surface area contributed by atoms with E-state index in [2.05, 4.69) is 20.4 Å². The fraction of sp³-hybridized carbons (Fsp3) is 0.278. The normalized spacial score (nSPS) is 11.2. The van der Waals surface area contributed by atoms with Gasteiger partial charge in [-0.3, -0.25) is 4.99 Å². The van der Waals surface area contributed by atoms with E-state index in [1.54, 1.807) is 6.07 Å². The van der Waals surface area contributed by atoms with Crippen molar-refractivity contribution in [2.24, 2.45) is 4.99 Å². The molecule has 2 rings (SSSR count). The van der Waals surface area contributed by atoms with Gasteiger partial charge in [-0.15, -0.1) is 24.0 Å². The lowest BCUT2D eigenvalue weighted by Gasteiger charge is -2.16. The quantitative estimate of drug-likeness (QED) is 0.259. The fourth-order valence-electron chi connectivity index (χ4n) is 2.41. The molecule has 160 valence electrons. The average Bonchev–Trinajstić information content (AvgIpc) is 2.65. The SMILES string of the molecule is CN=C(NCc1ccc(F)c(CO)c1)NCc1cc(Cl)cc(Cl)c1OC(F)F.I. The van der Waals surface area contributed by atoms with E-state index in [1.165, 1.54) is 31.3 Å². The van der Waals surface area contributed by atoms with E-state index >= 15 is 0 Å². The van der Waals surface area contributed by atoms with E-state index in [-0.39, 0.29) is 51.9 Å². The molecule has 2 aromatic carbocycles. The Bertz CT molecular complexity index is 857. The van der Waals surface area contributed by atoms with Gasteiger partial charge in [0.05, 0.1) is 11.6 Å². The second-order valence-electron chi connectivity index (χ2n) is 5.62. The molecule has 0 spiro atoms. The fourth-order valence-corrected chi connectivity index (χ4v) is 2.99. The summed E-state index contributed by atoms with van der Waals surface area (Å²) in [6.45, 7) is -3.08. The molecule has 3 N–H and O–H groups in total. The Morgan fingerprint density at radius 1 is 1.14 bits per heavy atom. The molecule has 0 saturated carbocycles. The Balaban J connectivity index is 0.00000420. The first kappa shape index (κ1) is 25.6. The number of aliphatic imine (C=N–C) groups is 1. The van der Waals surface area contributed by atoms with Gasteiger partial charge in [0.25, 0.3) is 0 Å². The van der Waals surface area contributed by atoms with E-state index < -0.39 is 19.0 Å². The number of rotatable bonds is 7. The lowest BCUT2D eigenvalue weighted by atomic mass is 10.1. The van der Waals surface area contributed by atoms with Crippen molar-refractivity contribution in [1.29, 1.82) is 0 Å². The third kappa shape index (κ3) is 7.72. The molecule has 0 amide bonds. The van der Waals surface area contributed by atoms with Crippen LogP contribution in [0.1, 0.15) is 16.7 Å².